The highest BCUT2D eigenvalue weighted by Crippen LogP contribution is 2.26. The van der Waals surface area contributed by atoms with Gasteiger partial charge in [0.05, 0.1) is 12.1 Å². The molecule has 3 aromatic rings. The van der Waals surface area contributed by atoms with Gasteiger partial charge in [-0.2, -0.15) is 0 Å². The van der Waals surface area contributed by atoms with E-state index in [-0.39, 0.29) is 0 Å². The summed E-state index contributed by atoms with van der Waals surface area (Å²) in [5.74, 6) is 0.443. The van der Waals surface area contributed by atoms with E-state index in [1.807, 2.05) is 36.4 Å². The van der Waals surface area contributed by atoms with Gasteiger partial charge in [-0.1, -0.05) is 11.0 Å². The van der Waals surface area contributed by atoms with Gasteiger partial charge in [0.1, 0.15) is 5.69 Å². The first-order chi connectivity index (χ1) is 10.8. The molecule has 0 atom stereocenters. The van der Waals surface area contributed by atoms with Gasteiger partial charge >= 0.3 is 0 Å². The summed E-state index contributed by atoms with van der Waals surface area (Å²) in [6.45, 7) is 0. The van der Waals surface area contributed by atoms with Crippen molar-refractivity contribution in [3.05, 3.63) is 53.1 Å². The zero-order valence-corrected chi connectivity index (χ0v) is 11.4. The van der Waals surface area contributed by atoms with Crippen molar-refractivity contribution in [2.24, 2.45) is 5.29 Å². The number of benzene rings is 1. The lowest BCUT2D eigenvalue weighted by Gasteiger charge is -1.99. The lowest BCUT2D eigenvalue weighted by Crippen LogP contribution is -2.00. The Morgan fingerprint density at radius 2 is 2.18 bits per heavy atom. The molecule has 0 aliphatic carbocycles. The van der Waals surface area contributed by atoms with E-state index < -0.39 is 0 Å². The summed E-state index contributed by atoms with van der Waals surface area (Å²) in [6, 6.07) is 11.1. The highest BCUT2D eigenvalue weighted by molar-refractivity contribution is 5.68. The van der Waals surface area contributed by atoms with E-state index in [0.717, 1.165) is 11.3 Å². The van der Waals surface area contributed by atoms with Gasteiger partial charge in [-0.15, -0.1) is 15.0 Å². The average molecular weight is 292 g/mol. The number of tetrazole rings is 1. The van der Waals surface area contributed by atoms with Crippen molar-refractivity contribution >= 4 is 11.9 Å². The van der Waals surface area contributed by atoms with Gasteiger partial charge in [-0.05, 0) is 34.2 Å². The van der Waals surface area contributed by atoms with Crippen molar-refractivity contribution in [2.75, 3.05) is 0 Å². The van der Waals surface area contributed by atoms with E-state index in [0.29, 0.717) is 23.6 Å². The molecule has 106 valence electrons. The van der Waals surface area contributed by atoms with Gasteiger partial charge in [0.25, 0.3) is 0 Å². The molecule has 0 unspecified atom stereocenters. The van der Waals surface area contributed by atoms with Gasteiger partial charge in [0.2, 0.25) is 16.8 Å². The maximum atomic E-state index is 10.8. The normalized spacial score (nSPS) is 12.8. The van der Waals surface area contributed by atoms with Gasteiger partial charge < -0.3 is 0 Å². The highest BCUT2D eigenvalue weighted by Gasteiger charge is 2.24. The number of nitrogens with zero attached hydrogens (tertiary/aromatic N) is 7. The molecule has 2 aromatic heterocycles. The lowest BCUT2D eigenvalue weighted by molar-refractivity contribution is -0.440. The van der Waals surface area contributed by atoms with Crippen LogP contribution in [0.25, 0.3) is 17.2 Å². The number of aromatic nitrogens is 5. The van der Waals surface area contributed by atoms with Crippen LogP contribution in [-0.4, -0.2) is 36.1 Å². The Morgan fingerprint density at radius 3 is 3.00 bits per heavy atom. The topological polar surface area (TPSA) is 88.9 Å². The van der Waals surface area contributed by atoms with E-state index in [1.54, 1.807) is 12.4 Å². The third-order valence-electron chi connectivity index (χ3n) is 3.43. The molecule has 0 saturated heterocycles. The van der Waals surface area contributed by atoms with Crippen LogP contribution in [0.3, 0.4) is 0 Å². The first kappa shape index (κ1) is 12.5. The van der Waals surface area contributed by atoms with Crippen LogP contribution in [0.1, 0.15) is 5.56 Å². The van der Waals surface area contributed by atoms with E-state index in [2.05, 4.69) is 25.7 Å². The van der Waals surface area contributed by atoms with Gasteiger partial charge in [0.15, 0.2) is 6.21 Å². The number of hydrogen-bond donors (Lipinski definition) is 0. The smallest absolute Gasteiger partial charge is 0.247 e. The van der Waals surface area contributed by atoms with E-state index in [4.69, 9.17) is 0 Å². The quantitative estimate of drug-likeness (QED) is 0.541. The van der Waals surface area contributed by atoms with Crippen LogP contribution in [0.4, 0.5) is 5.69 Å². The molecule has 0 bridgehead atoms. The fourth-order valence-electron chi connectivity index (χ4n) is 2.34. The predicted molar refractivity (Wildman–Crippen MR) is 77.9 cm³/mol. The van der Waals surface area contributed by atoms with Crippen LogP contribution in [0.2, 0.25) is 0 Å². The Bertz CT molecular complexity index is 885. The second-order valence-electron chi connectivity index (χ2n) is 4.74. The number of pyridine rings is 1. The second-order valence-corrected chi connectivity index (χ2v) is 4.74. The Labute approximate surface area is 124 Å². The van der Waals surface area contributed by atoms with Crippen molar-refractivity contribution in [3.8, 4) is 17.2 Å². The van der Waals surface area contributed by atoms with Crippen LogP contribution in [0.15, 0.2) is 47.9 Å². The lowest BCUT2D eigenvalue weighted by atomic mass is 10.1. The predicted octanol–water partition coefficient (Wildman–Crippen LogP) is 1.68. The van der Waals surface area contributed by atoms with Crippen molar-refractivity contribution in [1.29, 1.82) is 0 Å². The number of rotatable bonds is 3. The number of hydrogen-bond acceptors (Lipinski definition) is 6. The zero-order valence-electron chi connectivity index (χ0n) is 11.4. The van der Waals surface area contributed by atoms with Crippen LogP contribution in [-0.2, 0) is 6.42 Å². The third-order valence-corrected chi connectivity index (χ3v) is 3.43. The standard InChI is InChI=1S/C14H10N7O/c22-19-20-8-6-10-4-5-11(9-13(10)20)21-17-14(16-18-21)12-3-1-2-7-15-12/h1-5,7-9H,6H2/q+1. The summed E-state index contributed by atoms with van der Waals surface area (Å²) in [5.41, 5.74) is 3.13. The van der Waals surface area contributed by atoms with Crippen molar-refractivity contribution in [1.82, 2.24) is 25.2 Å². The molecule has 4 rings (SSSR count). The first-order valence-corrected chi connectivity index (χ1v) is 6.66. The van der Waals surface area contributed by atoms with Crippen LogP contribution >= 0.6 is 0 Å². The van der Waals surface area contributed by atoms with Crippen LogP contribution in [0, 0.1) is 4.91 Å². The number of fused-ring (bicyclic) bond motifs is 1. The minimum Gasteiger partial charge on any atom is -0.253 e. The van der Waals surface area contributed by atoms with Crippen LogP contribution < -0.4 is 0 Å². The van der Waals surface area contributed by atoms with Crippen molar-refractivity contribution in [3.63, 3.8) is 0 Å². The molecule has 0 spiro atoms. The SMILES string of the molecule is O=N[N+]1=CCc2ccc(-n3nnc(-c4ccccn4)n3)cc21. The Balaban J connectivity index is 1.73. The second kappa shape index (κ2) is 4.92. The van der Waals surface area contributed by atoms with Gasteiger partial charge in [-0.3, -0.25) is 4.98 Å². The Morgan fingerprint density at radius 1 is 1.23 bits per heavy atom. The molecule has 3 heterocycles. The minimum absolute atomic E-state index is 0.443. The molecule has 0 N–H and O–H groups in total. The maximum absolute atomic E-state index is 10.8. The molecule has 1 aromatic carbocycles. The van der Waals surface area contributed by atoms with Crippen molar-refractivity contribution < 1.29 is 4.68 Å². The molecule has 1 aliphatic rings. The first-order valence-electron chi connectivity index (χ1n) is 6.66. The van der Waals surface area contributed by atoms with E-state index >= 15 is 0 Å². The zero-order chi connectivity index (χ0) is 14.9. The van der Waals surface area contributed by atoms with Gasteiger partial charge in [-0.25, -0.2) is 0 Å². The summed E-state index contributed by atoms with van der Waals surface area (Å²) in [4.78, 5) is 16.4. The molecular weight excluding hydrogens is 282 g/mol. The monoisotopic (exact) mass is 292 g/mol. The van der Waals surface area contributed by atoms with E-state index in [1.165, 1.54) is 9.48 Å². The number of nitroso groups, excluding NO2 is 1. The molecule has 0 amide bonds. The molecule has 0 saturated carbocycles. The Hall–Kier alpha value is -3.29. The summed E-state index contributed by atoms with van der Waals surface area (Å²) < 4.78 is 1.31. The maximum Gasteiger partial charge on any atom is 0.247 e. The fourth-order valence-corrected chi connectivity index (χ4v) is 2.34. The summed E-state index contributed by atoms with van der Waals surface area (Å²) >= 11 is 0. The molecule has 8 nitrogen and oxygen atoms in total. The third kappa shape index (κ3) is 1.97. The molecule has 1 aliphatic heterocycles. The Kier molecular flexibility index (Phi) is 2.78. The molecular formula is C14H10N7O+. The molecule has 0 fully saturated rings. The summed E-state index contributed by atoms with van der Waals surface area (Å²) in [7, 11) is 0. The largest absolute Gasteiger partial charge is 0.253 e. The fraction of sp³-hybridized carbons (Fsp3) is 0.0714. The van der Waals surface area contributed by atoms with E-state index in [9.17, 15) is 4.91 Å². The molecule has 22 heavy (non-hydrogen) atoms. The average Bonchev–Trinajstić information content (AvgIpc) is 3.22. The molecule has 8 heteroatoms. The molecule has 0 radical (unpaired) electrons. The summed E-state index contributed by atoms with van der Waals surface area (Å²) in [6.07, 6.45) is 4.09. The summed E-state index contributed by atoms with van der Waals surface area (Å²) in [5, 5.41) is 15.3. The minimum atomic E-state index is 0.443. The van der Waals surface area contributed by atoms with Gasteiger partial charge in [0, 0.05) is 17.8 Å². The highest BCUT2D eigenvalue weighted by atomic mass is 16.3. The van der Waals surface area contributed by atoms with Crippen molar-refractivity contribution in [2.45, 2.75) is 6.42 Å². The van der Waals surface area contributed by atoms with Crippen LogP contribution in [0.5, 0.6) is 0 Å².